The normalized spacial score (nSPS) is 18.8. The van der Waals surface area contributed by atoms with E-state index in [1.807, 2.05) is 18.2 Å². The molecule has 2 heterocycles. The summed E-state index contributed by atoms with van der Waals surface area (Å²) in [5, 5.41) is 0.626. The Labute approximate surface area is 107 Å². The smallest absolute Gasteiger partial charge is 0.181 e. The molecule has 16 heavy (non-hydrogen) atoms. The van der Waals surface area contributed by atoms with E-state index >= 15 is 0 Å². The third kappa shape index (κ3) is 1.55. The Kier molecular flexibility index (Phi) is 2.46. The second-order valence-electron chi connectivity index (χ2n) is 3.49. The zero-order valence-corrected chi connectivity index (χ0v) is 10.7. The van der Waals surface area contributed by atoms with E-state index in [9.17, 15) is 0 Å². The van der Waals surface area contributed by atoms with Crippen molar-refractivity contribution in [2.75, 3.05) is 5.73 Å². The van der Waals surface area contributed by atoms with Gasteiger partial charge >= 0.3 is 0 Å². The summed E-state index contributed by atoms with van der Waals surface area (Å²) in [6.45, 7) is 0. The van der Waals surface area contributed by atoms with Crippen molar-refractivity contribution >= 4 is 44.6 Å². The lowest BCUT2D eigenvalue weighted by molar-refractivity contribution is 1.02. The van der Waals surface area contributed by atoms with Crippen molar-refractivity contribution < 1.29 is 0 Å². The molecule has 1 aromatic heterocycles. The van der Waals surface area contributed by atoms with Crippen LogP contribution in [0.5, 0.6) is 0 Å². The lowest BCUT2D eigenvalue weighted by atomic mass is 9.99. The maximum Gasteiger partial charge on any atom is 0.181 e. The number of rotatable bonds is 1. The van der Waals surface area contributed by atoms with Gasteiger partial charge in [-0.05, 0) is 5.56 Å². The summed E-state index contributed by atoms with van der Waals surface area (Å²) in [6, 6.07) is 10.2. The van der Waals surface area contributed by atoms with Gasteiger partial charge in [-0.25, -0.2) is 4.98 Å². The second-order valence-corrected chi connectivity index (χ2v) is 6.53. The molecule has 3 rings (SSSR count). The van der Waals surface area contributed by atoms with Crippen LogP contribution in [0.1, 0.15) is 17.2 Å². The molecule has 0 aliphatic carbocycles. The first-order valence-electron chi connectivity index (χ1n) is 4.78. The van der Waals surface area contributed by atoms with E-state index in [-0.39, 0.29) is 5.92 Å². The first kappa shape index (κ1) is 10.3. The Morgan fingerprint density at radius 3 is 2.75 bits per heavy atom. The van der Waals surface area contributed by atoms with Gasteiger partial charge in [-0.3, -0.25) is 0 Å². The molecule has 0 fully saturated rings. The maximum absolute atomic E-state index is 5.73. The molecule has 80 valence electrons. The molecular formula is C11H8N2S3. The fourth-order valence-electron chi connectivity index (χ4n) is 1.79. The SMILES string of the molecule is Nc1nc2c(s1)SC(=S)C2c1ccccc1. The molecule has 0 spiro atoms. The van der Waals surface area contributed by atoms with Gasteiger partial charge in [0.1, 0.15) is 0 Å². The minimum absolute atomic E-state index is 0.129. The molecule has 2 N–H and O–H groups in total. The molecule has 0 radical (unpaired) electrons. The van der Waals surface area contributed by atoms with E-state index in [0.29, 0.717) is 5.13 Å². The molecule has 2 aromatic rings. The maximum atomic E-state index is 5.73. The van der Waals surface area contributed by atoms with Crippen LogP contribution in [0, 0.1) is 0 Å². The molecule has 1 atom stereocenters. The average molecular weight is 264 g/mol. The Morgan fingerprint density at radius 2 is 2.00 bits per heavy atom. The van der Waals surface area contributed by atoms with Gasteiger partial charge in [-0.2, -0.15) is 0 Å². The van der Waals surface area contributed by atoms with Crippen LogP contribution >= 0.6 is 35.3 Å². The number of thiazole rings is 1. The highest BCUT2D eigenvalue weighted by Gasteiger charge is 2.33. The van der Waals surface area contributed by atoms with Crippen molar-refractivity contribution in [3.8, 4) is 0 Å². The number of fused-ring (bicyclic) bond motifs is 1. The van der Waals surface area contributed by atoms with Crippen LogP contribution in [0.2, 0.25) is 0 Å². The van der Waals surface area contributed by atoms with Crippen LogP contribution in [0.25, 0.3) is 0 Å². The number of benzene rings is 1. The largest absolute Gasteiger partial charge is 0.375 e. The van der Waals surface area contributed by atoms with Crippen LogP contribution in [0.3, 0.4) is 0 Å². The Hall–Kier alpha value is -0.910. The van der Waals surface area contributed by atoms with E-state index in [2.05, 4.69) is 17.1 Å². The van der Waals surface area contributed by atoms with E-state index in [4.69, 9.17) is 18.0 Å². The van der Waals surface area contributed by atoms with Crippen molar-refractivity contribution in [2.24, 2.45) is 0 Å². The van der Waals surface area contributed by atoms with Crippen molar-refractivity contribution in [3.63, 3.8) is 0 Å². The number of nitrogens with zero attached hydrogens (tertiary/aromatic N) is 1. The molecule has 0 saturated carbocycles. The highest BCUT2D eigenvalue weighted by atomic mass is 32.2. The number of hydrogen-bond acceptors (Lipinski definition) is 5. The minimum Gasteiger partial charge on any atom is -0.375 e. The predicted octanol–water partition coefficient (Wildman–Crippen LogP) is 3.29. The molecule has 2 nitrogen and oxygen atoms in total. The van der Waals surface area contributed by atoms with Gasteiger partial charge < -0.3 is 5.73 Å². The van der Waals surface area contributed by atoms with Gasteiger partial charge in [0.25, 0.3) is 0 Å². The second kappa shape index (κ2) is 3.84. The predicted molar refractivity (Wildman–Crippen MR) is 73.3 cm³/mol. The highest BCUT2D eigenvalue weighted by molar-refractivity contribution is 8.24. The van der Waals surface area contributed by atoms with Crippen molar-refractivity contribution in [2.45, 2.75) is 10.1 Å². The Balaban J connectivity index is 2.11. The zero-order chi connectivity index (χ0) is 11.1. The van der Waals surface area contributed by atoms with Gasteiger partial charge in [0.2, 0.25) is 0 Å². The number of anilines is 1. The van der Waals surface area contributed by atoms with Crippen LogP contribution < -0.4 is 5.73 Å². The van der Waals surface area contributed by atoms with Crippen LogP contribution in [0.4, 0.5) is 5.13 Å². The van der Waals surface area contributed by atoms with Crippen LogP contribution in [0.15, 0.2) is 34.5 Å². The molecular weight excluding hydrogens is 256 g/mol. The van der Waals surface area contributed by atoms with Gasteiger partial charge in [-0.15, -0.1) is 0 Å². The quantitative estimate of drug-likeness (QED) is 0.802. The lowest BCUT2D eigenvalue weighted by Crippen LogP contribution is -2.04. The Morgan fingerprint density at radius 1 is 1.25 bits per heavy atom. The molecule has 0 bridgehead atoms. The highest BCUT2D eigenvalue weighted by Crippen LogP contribution is 2.48. The van der Waals surface area contributed by atoms with Gasteiger partial charge in [0, 0.05) is 0 Å². The fraction of sp³-hybridized carbons (Fsp3) is 0.0909. The summed E-state index contributed by atoms with van der Waals surface area (Å²) < 4.78 is 2.12. The molecule has 1 aliphatic heterocycles. The molecule has 1 unspecified atom stereocenters. The van der Waals surface area contributed by atoms with Crippen molar-refractivity contribution in [3.05, 3.63) is 41.6 Å². The van der Waals surface area contributed by atoms with E-state index in [1.54, 1.807) is 11.8 Å². The number of nitrogens with two attached hydrogens (primary N) is 1. The molecule has 5 heteroatoms. The molecule has 1 aromatic carbocycles. The number of thiocarbonyl (C=S) groups is 1. The number of nitrogen functional groups attached to an aromatic ring is 1. The number of thioether (sulfide) groups is 1. The summed E-state index contributed by atoms with van der Waals surface area (Å²) in [5.74, 6) is 0.129. The molecule has 0 amide bonds. The fourth-order valence-corrected chi connectivity index (χ4v) is 4.56. The average Bonchev–Trinajstić information content (AvgIpc) is 2.74. The summed E-state index contributed by atoms with van der Waals surface area (Å²) in [5.41, 5.74) is 7.95. The molecule has 1 aliphatic rings. The van der Waals surface area contributed by atoms with E-state index < -0.39 is 0 Å². The van der Waals surface area contributed by atoms with Gasteiger partial charge in [0.15, 0.2) is 5.13 Å². The number of aromatic nitrogens is 1. The minimum atomic E-state index is 0.129. The first-order chi connectivity index (χ1) is 7.75. The molecule has 0 saturated heterocycles. The van der Waals surface area contributed by atoms with Crippen molar-refractivity contribution in [1.82, 2.24) is 4.98 Å². The summed E-state index contributed by atoms with van der Waals surface area (Å²) in [4.78, 5) is 4.39. The third-order valence-electron chi connectivity index (χ3n) is 2.47. The van der Waals surface area contributed by atoms with E-state index in [0.717, 1.165) is 14.1 Å². The lowest BCUT2D eigenvalue weighted by Gasteiger charge is -2.08. The zero-order valence-electron chi connectivity index (χ0n) is 8.21. The first-order valence-corrected chi connectivity index (χ1v) is 6.82. The number of hydrogen-bond donors (Lipinski definition) is 1. The Bertz CT molecular complexity index is 548. The van der Waals surface area contributed by atoms with Gasteiger partial charge in [0.05, 0.1) is 20.0 Å². The summed E-state index contributed by atoms with van der Waals surface area (Å²) in [6.07, 6.45) is 0. The van der Waals surface area contributed by atoms with Crippen LogP contribution in [-0.4, -0.2) is 9.18 Å². The van der Waals surface area contributed by atoms with Crippen LogP contribution in [-0.2, 0) is 0 Å². The van der Waals surface area contributed by atoms with E-state index in [1.165, 1.54) is 16.9 Å². The summed E-state index contributed by atoms with van der Waals surface area (Å²) in [7, 11) is 0. The topological polar surface area (TPSA) is 38.9 Å². The monoisotopic (exact) mass is 264 g/mol. The summed E-state index contributed by atoms with van der Waals surface area (Å²) >= 11 is 8.56. The standard InChI is InChI=1S/C11H8N2S3/c12-11-13-8-7(6-4-2-1-3-5-6)9(14)15-10(8)16-11/h1-5,7H,(H2,12,13). The third-order valence-corrected chi connectivity index (χ3v) is 4.98. The van der Waals surface area contributed by atoms with Gasteiger partial charge in [-0.1, -0.05) is 65.6 Å². The van der Waals surface area contributed by atoms with Crippen molar-refractivity contribution in [1.29, 1.82) is 0 Å².